The third-order valence-corrected chi connectivity index (χ3v) is 5.96. The molecule has 0 radical (unpaired) electrons. The van der Waals surface area contributed by atoms with Crippen LogP contribution in [-0.2, 0) is 6.42 Å². The van der Waals surface area contributed by atoms with Crippen LogP contribution >= 0.6 is 11.9 Å². The van der Waals surface area contributed by atoms with E-state index in [0.29, 0.717) is 29.5 Å². The number of rotatable bonds is 6. The molecule has 1 N–H and O–H groups in total. The molecule has 2 aromatic heterocycles. The third kappa shape index (κ3) is 3.04. The number of hydrogen-bond donors (Lipinski definition) is 1. The molecule has 4 aromatic rings. The average Bonchev–Trinajstić information content (AvgIpc) is 3.50. The van der Waals surface area contributed by atoms with Gasteiger partial charge in [-0.15, -0.1) is 0 Å². The monoisotopic (exact) mass is 424 g/mol. The highest BCUT2D eigenvalue weighted by Crippen LogP contribution is 2.46. The standard InChI is InChI=1S/C22H20N2O5S/c1-12-7-8-15(28-12)14-11-18-19(20-13(14)9-10-27-20)22(23-29-18)24-30-21-16(25-2)5-4-6-17(21)26-3/h4-8,11H,9-10H2,1-3H3,(H,23,24). The van der Waals surface area contributed by atoms with Gasteiger partial charge in [0.05, 0.1) is 20.8 Å². The van der Waals surface area contributed by atoms with Crippen molar-refractivity contribution >= 4 is 28.7 Å². The maximum Gasteiger partial charge on any atom is 0.191 e. The minimum absolute atomic E-state index is 0.586. The Balaban J connectivity index is 1.54. The van der Waals surface area contributed by atoms with Crippen LogP contribution < -0.4 is 18.9 Å². The molecule has 8 heteroatoms. The van der Waals surface area contributed by atoms with Gasteiger partial charge >= 0.3 is 0 Å². The molecule has 0 spiro atoms. The molecule has 0 atom stereocenters. The molecule has 154 valence electrons. The SMILES string of the molecule is COc1cccc(OC)c1SNc1noc2cc(-c3ccc(C)o3)c3c(c12)OCC3. The smallest absolute Gasteiger partial charge is 0.191 e. The Hall–Kier alpha value is -3.26. The van der Waals surface area contributed by atoms with Gasteiger partial charge in [-0.3, -0.25) is 0 Å². The molecule has 30 heavy (non-hydrogen) atoms. The molecule has 7 nitrogen and oxygen atoms in total. The van der Waals surface area contributed by atoms with E-state index in [0.717, 1.165) is 45.1 Å². The number of nitrogens with one attached hydrogen (secondary N) is 1. The predicted molar refractivity (Wildman–Crippen MR) is 115 cm³/mol. The minimum Gasteiger partial charge on any atom is -0.495 e. The summed E-state index contributed by atoms with van der Waals surface area (Å²) in [6.07, 6.45) is 0.804. The van der Waals surface area contributed by atoms with Crippen LogP contribution in [-0.4, -0.2) is 26.0 Å². The van der Waals surface area contributed by atoms with Crippen LogP contribution in [0, 0.1) is 6.92 Å². The van der Waals surface area contributed by atoms with Crippen molar-refractivity contribution in [3.63, 3.8) is 0 Å². The van der Waals surface area contributed by atoms with E-state index in [9.17, 15) is 0 Å². The first-order valence-electron chi connectivity index (χ1n) is 9.48. The van der Waals surface area contributed by atoms with Crippen LogP contribution in [0.2, 0.25) is 0 Å². The van der Waals surface area contributed by atoms with Crippen molar-refractivity contribution in [3.8, 4) is 28.6 Å². The molecule has 0 saturated carbocycles. The molecule has 0 bridgehead atoms. The van der Waals surface area contributed by atoms with E-state index in [4.69, 9.17) is 23.2 Å². The lowest BCUT2D eigenvalue weighted by atomic mass is 10.0. The second kappa shape index (κ2) is 7.53. The highest BCUT2D eigenvalue weighted by atomic mass is 32.2. The Morgan fingerprint density at radius 2 is 1.90 bits per heavy atom. The number of ether oxygens (including phenoxy) is 3. The van der Waals surface area contributed by atoms with Gasteiger partial charge in [0.15, 0.2) is 11.4 Å². The zero-order chi connectivity index (χ0) is 20.7. The lowest BCUT2D eigenvalue weighted by Crippen LogP contribution is -1.95. The van der Waals surface area contributed by atoms with Crippen LogP contribution in [0.4, 0.5) is 5.82 Å². The van der Waals surface area contributed by atoms with E-state index in [1.807, 2.05) is 43.3 Å². The van der Waals surface area contributed by atoms with E-state index < -0.39 is 0 Å². The van der Waals surface area contributed by atoms with Gasteiger partial charge in [-0.05, 0) is 49.2 Å². The first-order valence-corrected chi connectivity index (χ1v) is 10.3. The number of benzene rings is 2. The van der Waals surface area contributed by atoms with Gasteiger partial charge in [-0.1, -0.05) is 11.2 Å². The van der Waals surface area contributed by atoms with Crippen LogP contribution in [0.3, 0.4) is 0 Å². The first-order chi connectivity index (χ1) is 14.7. The van der Waals surface area contributed by atoms with Crippen molar-refractivity contribution < 1.29 is 23.2 Å². The molecule has 0 fully saturated rings. The molecule has 0 saturated heterocycles. The van der Waals surface area contributed by atoms with Gasteiger partial charge < -0.3 is 27.9 Å². The molecule has 0 aliphatic carbocycles. The lowest BCUT2D eigenvalue weighted by molar-refractivity contribution is 0.360. The molecule has 0 unspecified atom stereocenters. The van der Waals surface area contributed by atoms with E-state index >= 15 is 0 Å². The normalized spacial score (nSPS) is 12.6. The summed E-state index contributed by atoms with van der Waals surface area (Å²) < 4.78 is 31.7. The predicted octanol–water partition coefficient (Wildman–Crippen LogP) is 5.47. The first kappa shape index (κ1) is 18.7. The second-order valence-electron chi connectivity index (χ2n) is 6.84. The molecular formula is C22H20N2O5S. The third-order valence-electron chi connectivity index (χ3n) is 5.06. The molecule has 3 heterocycles. The Morgan fingerprint density at radius 3 is 2.60 bits per heavy atom. The summed E-state index contributed by atoms with van der Waals surface area (Å²) in [5, 5.41) is 5.06. The summed E-state index contributed by atoms with van der Waals surface area (Å²) in [5.41, 5.74) is 2.71. The number of methoxy groups -OCH3 is 2. The van der Waals surface area contributed by atoms with E-state index in [1.165, 1.54) is 11.9 Å². The van der Waals surface area contributed by atoms with Crippen molar-refractivity contribution in [2.24, 2.45) is 0 Å². The van der Waals surface area contributed by atoms with Gasteiger partial charge in [0.1, 0.15) is 39.1 Å². The van der Waals surface area contributed by atoms with Crippen molar-refractivity contribution in [1.29, 1.82) is 0 Å². The fourth-order valence-corrected chi connectivity index (χ4v) is 4.50. The van der Waals surface area contributed by atoms with Crippen molar-refractivity contribution in [2.75, 3.05) is 25.5 Å². The van der Waals surface area contributed by atoms with Gasteiger partial charge in [0.25, 0.3) is 0 Å². The molecule has 0 amide bonds. The Labute approximate surface area is 177 Å². The highest BCUT2D eigenvalue weighted by Gasteiger charge is 2.27. The minimum atomic E-state index is 0.586. The van der Waals surface area contributed by atoms with Gasteiger partial charge in [0.2, 0.25) is 0 Å². The number of nitrogens with zero attached hydrogens (tertiary/aromatic N) is 1. The molecule has 1 aliphatic rings. The highest BCUT2D eigenvalue weighted by molar-refractivity contribution is 8.00. The van der Waals surface area contributed by atoms with Gasteiger partial charge in [-0.25, -0.2) is 0 Å². The van der Waals surface area contributed by atoms with E-state index in [2.05, 4.69) is 9.88 Å². The summed E-state index contributed by atoms with van der Waals surface area (Å²) in [7, 11) is 3.26. The second-order valence-corrected chi connectivity index (χ2v) is 7.66. The molecule has 1 aliphatic heterocycles. The van der Waals surface area contributed by atoms with Crippen LogP contribution in [0.25, 0.3) is 22.3 Å². The number of hydrogen-bond acceptors (Lipinski definition) is 8. The van der Waals surface area contributed by atoms with Gasteiger partial charge in [0, 0.05) is 17.5 Å². The number of anilines is 1. The number of aromatic nitrogens is 1. The maximum atomic E-state index is 5.98. The number of fused-ring (bicyclic) bond motifs is 3. The summed E-state index contributed by atoms with van der Waals surface area (Å²) in [6, 6.07) is 11.5. The summed E-state index contributed by atoms with van der Waals surface area (Å²) in [4.78, 5) is 0.818. The summed E-state index contributed by atoms with van der Waals surface area (Å²) in [6.45, 7) is 2.54. The zero-order valence-electron chi connectivity index (χ0n) is 16.8. The van der Waals surface area contributed by atoms with Crippen LogP contribution in [0.15, 0.2) is 50.2 Å². The summed E-state index contributed by atoms with van der Waals surface area (Å²) >= 11 is 1.35. The molecule has 2 aromatic carbocycles. The Kier molecular flexibility index (Phi) is 4.71. The van der Waals surface area contributed by atoms with Crippen molar-refractivity contribution in [2.45, 2.75) is 18.2 Å². The van der Waals surface area contributed by atoms with Crippen LogP contribution in [0.5, 0.6) is 17.2 Å². The zero-order valence-corrected chi connectivity index (χ0v) is 17.6. The van der Waals surface area contributed by atoms with Crippen molar-refractivity contribution in [1.82, 2.24) is 5.16 Å². The Morgan fingerprint density at radius 1 is 1.10 bits per heavy atom. The quantitative estimate of drug-likeness (QED) is 0.408. The average molecular weight is 424 g/mol. The molecule has 5 rings (SSSR count). The van der Waals surface area contributed by atoms with Crippen molar-refractivity contribution in [3.05, 3.63) is 47.7 Å². The fourth-order valence-electron chi connectivity index (χ4n) is 3.66. The fraction of sp³-hybridized carbons (Fsp3) is 0.227. The largest absolute Gasteiger partial charge is 0.495 e. The topological polar surface area (TPSA) is 78.9 Å². The van der Waals surface area contributed by atoms with Gasteiger partial charge in [-0.2, -0.15) is 0 Å². The lowest BCUT2D eigenvalue weighted by Gasteiger charge is -2.12. The maximum absolute atomic E-state index is 5.98. The number of aryl methyl sites for hydroxylation is 1. The summed E-state index contributed by atoms with van der Waals surface area (Å²) in [5.74, 6) is 4.44. The van der Waals surface area contributed by atoms with E-state index in [-0.39, 0.29) is 0 Å². The Bertz CT molecular complexity index is 1210. The molecular weight excluding hydrogens is 404 g/mol. The number of furan rings is 1. The van der Waals surface area contributed by atoms with E-state index in [1.54, 1.807) is 14.2 Å². The van der Waals surface area contributed by atoms with Crippen LogP contribution in [0.1, 0.15) is 11.3 Å².